The Balaban J connectivity index is 1.84. The molecule has 1 amide bonds. The highest BCUT2D eigenvalue weighted by molar-refractivity contribution is 6.17. The van der Waals surface area contributed by atoms with E-state index in [-0.39, 0.29) is 5.56 Å². The van der Waals surface area contributed by atoms with E-state index in [1.807, 2.05) is 19.1 Å². The highest BCUT2D eigenvalue weighted by Gasteiger charge is 2.30. The molecule has 1 N–H and O–H groups in total. The highest BCUT2D eigenvalue weighted by atomic mass is 16.2. The van der Waals surface area contributed by atoms with Crippen molar-refractivity contribution in [2.24, 2.45) is 5.92 Å². The van der Waals surface area contributed by atoms with Crippen LogP contribution in [0.15, 0.2) is 42.7 Å². The third kappa shape index (κ3) is 3.30. The van der Waals surface area contributed by atoms with Crippen LogP contribution >= 0.6 is 0 Å². The summed E-state index contributed by atoms with van der Waals surface area (Å²) < 4.78 is 1.44. The second-order valence-electron chi connectivity index (χ2n) is 5.86. The van der Waals surface area contributed by atoms with E-state index in [1.54, 1.807) is 37.4 Å². The van der Waals surface area contributed by atoms with Gasteiger partial charge in [-0.3, -0.25) is 9.59 Å². The number of nitrogens with one attached hydrogen (secondary N) is 1. The first-order valence-electron chi connectivity index (χ1n) is 8.18. The lowest BCUT2D eigenvalue weighted by Gasteiger charge is -2.09. The molecule has 7 heteroatoms. The fourth-order valence-electron chi connectivity index (χ4n) is 2.56. The standard InChI is InChI=1S/C19H17N5O2/c1-3-13-4-6-14(7-5-13)23-19(26)15(10-20)17(25)16-11-21-24-9-8-12(2)22-18(16)24/h4-9,11,15H,3H2,1-2H3,(H,23,26). The largest absolute Gasteiger partial charge is 0.325 e. The number of hydrogen-bond donors (Lipinski definition) is 1. The number of carbonyl (C=O) groups is 2. The number of rotatable bonds is 5. The van der Waals surface area contributed by atoms with Crippen molar-refractivity contribution in [3.63, 3.8) is 0 Å². The van der Waals surface area contributed by atoms with Crippen molar-refractivity contribution in [2.45, 2.75) is 20.3 Å². The number of nitrogens with zero attached hydrogens (tertiary/aromatic N) is 4. The van der Waals surface area contributed by atoms with Crippen LogP contribution in [0.25, 0.3) is 5.65 Å². The van der Waals surface area contributed by atoms with Crippen molar-refractivity contribution in [3.8, 4) is 6.07 Å². The average Bonchev–Trinajstić information content (AvgIpc) is 3.05. The van der Waals surface area contributed by atoms with E-state index in [0.29, 0.717) is 17.0 Å². The lowest BCUT2D eigenvalue weighted by molar-refractivity contribution is -0.117. The average molecular weight is 347 g/mol. The van der Waals surface area contributed by atoms with Crippen molar-refractivity contribution in [3.05, 3.63) is 59.5 Å². The summed E-state index contributed by atoms with van der Waals surface area (Å²) in [4.78, 5) is 29.4. The maximum Gasteiger partial charge on any atom is 0.249 e. The molecule has 0 aliphatic heterocycles. The lowest BCUT2D eigenvalue weighted by atomic mass is 10.00. The summed E-state index contributed by atoms with van der Waals surface area (Å²) in [5, 5.41) is 16.0. The lowest BCUT2D eigenvalue weighted by Crippen LogP contribution is -2.28. The molecule has 0 bridgehead atoms. The number of amides is 1. The summed E-state index contributed by atoms with van der Waals surface area (Å²) in [6, 6.07) is 10.8. The summed E-state index contributed by atoms with van der Waals surface area (Å²) in [7, 11) is 0. The van der Waals surface area contributed by atoms with E-state index in [0.717, 1.165) is 12.0 Å². The Bertz CT molecular complexity index is 1010. The summed E-state index contributed by atoms with van der Waals surface area (Å²) in [6.07, 6.45) is 3.89. The minimum absolute atomic E-state index is 0.150. The fraction of sp³-hybridized carbons (Fsp3) is 0.211. The zero-order chi connectivity index (χ0) is 18.7. The third-order valence-corrected chi connectivity index (χ3v) is 4.06. The van der Waals surface area contributed by atoms with E-state index in [1.165, 1.54) is 10.7 Å². The molecule has 2 heterocycles. The number of fused-ring (bicyclic) bond motifs is 1. The van der Waals surface area contributed by atoms with Crippen molar-refractivity contribution >= 4 is 23.0 Å². The molecule has 0 aliphatic rings. The first-order valence-corrected chi connectivity index (χ1v) is 8.18. The van der Waals surface area contributed by atoms with Gasteiger partial charge in [0.2, 0.25) is 5.91 Å². The van der Waals surface area contributed by atoms with Gasteiger partial charge in [0.15, 0.2) is 17.3 Å². The number of aromatic nitrogens is 3. The van der Waals surface area contributed by atoms with Crippen LogP contribution in [0.2, 0.25) is 0 Å². The van der Waals surface area contributed by atoms with Gasteiger partial charge in [0.25, 0.3) is 0 Å². The van der Waals surface area contributed by atoms with Crippen LogP contribution in [0.4, 0.5) is 5.69 Å². The predicted molar refractivity (Wildman–Crippen MR) is 95.6 cm³/mol. The molecule has 0 saturated heterocycles. The molecule has 1 aromatic carbocycles. The Morgan fingerprint density at radius 3 is 2.65 bits per heavy atom. The summed E-state index contributed by atoms with van der Waals surface area (Å²) in [6.45, 7) is 3.82. The number of ketones is 1. The van der Waals surface area contributed by atoms with Crippen LogP contribution in [0.5, 0.6) is 0 Å². The van der Waals surface area contributed by atoms with Gasteiger partial charge in [-0.1, -0.05) is 19.1 Å². The van der Waals surface area contributed by atoms with E-state index >= 15 is 0 Å². The van der Waals surface area contributed by atoms with Crippen molar-refractivity contribution in [1.82, 2.24) is 14.6 Å². The topological polar surface area (TPSA) is 100 Å². The maximum absolute atomic E-state index is 12.7. The quantitative estimate of drug-likeness (QED) is 0.565. The maximum atomic E-state index is 12.7. The van der Waals surface area contributed by atoms with E-state index in [9.17, 15) is 14.9 Å². The fourth-order valence-corrected chi connectivity index (χ4v) is 2.56. The van der Waals surface area contributed by atoms with Gasteiger partial charge >= 0.3 is 0 Å². The van der Waals surface area contributed by atoms with Gasteiger partial charge in [-0.05, 0) is 37.1 Å². The molecule has 7 nitrogen and oxygen atoms in total. The van der Waals surface area contributed by atoms with Gasteiger partial charge in [0, 0.05) is 17.6 Å². The number of hydrogen-bond acceptors (Lipinski definition) is 5. The van der Waals surface area contributed by atoms with Gasteiger partial charge in [-0.25, -0.2) is 9.50 Å². The van der Waals surface area contributed by atoms with Crippen LogP contribution in [0.3, 0.4) is 0 Å². The molecule has 0 saturated carbocycles. The molecule has 0 aliphatic carbocycles. The summed E-state index contributed by atoms with van der Waals surface area (Å²) >= 11 is 0. The monoisotopic (exact) mass is 347 g/mol. The molecule has 130 valence electrons. The molecule has 3 aromatic rings. The van der Waals surface area contributed by atoms with Crippen LogP contribution < -0.4 is 5.32 Å². The van der Waals surface area contributed by atoms with E-state index < -0.39 is 17.6 Å². The number of carbonyl (C=O) groups excluding carboxylic acids is 2. The molecular weight excluding hydrogens is 330 g/mol. The van der Waals surface area contributed by atoms with Gasteiger partial charge in [-0.15, -0.1) is 0 Å². The summed E-state index contributed by atoms with van der Waals surface area (Å²) in [5.41, 5.74) is 2.85. The van der Waals surface area contributed by atoms with Gasteiger partial charge in [0.05, 0.1) is 17.8 Å². The molecule has 0 fully saturated rings. The van der Waals surface area contributed by atoms with Crippen molar-refractivity contribution in [2.75, 3.05) is 5.32 Å². The minimum atomic E-state index is -1.48. The van der Waals surface area contributed by atoms with Gasteiger partial charge < -0.3 is 5.32 Å². The zero-order valence-electron chi connectivity index (χ0n) is 14.4. The highest BCUT2D eigenvalue weighted by Crippen LogP contribution is 2.17. The SMILES string of the molecule is CCc1ccc(NC(=O)C(C#N)C(=O)c2cnn3ccc(C)nc23)cc1. The van der Waals surface area contributed by atoms with Gasteiger partial charge in [-0.2, -0.15) is 10.4 Å². The second kappa shape index (κ2) is 7.15. The number of nitriles is 1. The first-order chi connectivity index (χ1) is 12.5. The molecule has 26 heavy (non-hydrogen) atoms. The molecule has 2 aromatic heterocycles. The van der Waals surface area contributed by atoms with Crippen LogP contribution in [0, 0.1) is 24.2 Å². The second-order valence-corrected chi connectivity index (χ2v) is 5.86. The minimum Gasteiger partial charge on any atom is -0.325 e. The number of benzene rings is 1. The Kier molecular flexibility index (Phi) is 4.76. The zero-order valence-corrected chi connectivity index (χ0v) is 14.4. The molecule has 0 radical (unpaired) electrons. The number of Topliss-reactive ketones (excluding diaryl/α,β-unsaturated/α-hetero) is 1. The Labute approximate surface area is 150 Å². The Morgan fingerprint density at radius 2 is 2.00 bits per heavy atom. The van der Waals surface area contributed by atoms with E-state index in [2.05, 4.69) is 15.4 Å². The molecule has 1 unspecified atom stereocenters. The molecule has 1 atom stereocenters. The predicted octanol–water partition coefficient (Wildman–Crippen LogP) is 2.56. The Morgan fingerprint density at radius 1 is 1.27 bits per heavy atom. The van der Waals surface area contributed by atoms with Crippen LogP contribution in [-0.4, -0.2) is 26.3 Å². The molecular formula is C19H17N5O2. The molecule has 0 spiro atoms. The van der Waals surface area contributed by atoms with Crippen LogP contribution in [-0.2, 0) is 11.2 Å². The smallest absolute Gasteiger partial charge is 0.249 e. The summed E-state index contributed by atoms with van der Waals surface area (Å²) in [5.74, 6) is -2.77. The van der Waals surface area contributed by atoms with E-state index in [4.69, 9.17) is 0 Å². The van der Waals surface area contributed by atoms with Crippen LogP contribution in [0.1, 0.15) is 28.5 Å². The number of anilines is 1. The van der Waals surface area contributed by atoms with Crippen molar-refractivity contribution < 1.29 is 9.59 Å². The normalized spacial score (nSPS) is 11.7. The van der Waals surface area contributed by atoms with Gasteiger partial charge in [0.1, 0.15) is 0 Å². The molecule has 3 rings (SSSR count). The first kappa shape index (κ1) is 17.3. The number of aryl methyl sites for hydroxylation is 2. The Hall–Kier alpha value is -3.53. The third-order valence-electron chi connectivity index (χ3n) is 4.06. The van der Waals surface area contributed by atoms with Crippen molar-refractivity contribution in [1.29, 1.82) is 5.26 Å².